The van der Waals surface area contributed by atoms with E-state index in [1.165, 1.54) is 6.08 Å². The minimum atomic E-state index is -0.999. The van der Waals surface area contributed by atoms with Crippen LogP contribution >= 0.6 is 0 Å². The van der Waals surface area contributed by atoms with Crippen molar-refractivity contribution in [2.75, 3.05) is 20.3 Å². The molecular weight excluding hydrogens is 296 g/mol. The van der Waals surface area contributed by atoms with Gasteiger partial charge in [-0.3, -0.25) is 0 Å². The number of para-hydroxylation sites is 1. The number of aliphatic carboxylic acids is 1. The highest BCUT2D eigenvalue weighted by molar-refractivity contribution is 5.85. The van der Waals surface area contributed by atoms with E-state index < -0.39 is 5.97 Å². The Hall–Kier alpha value is -2.95. The number of benzene rings is 2. The lowest BCUT2D eigenvalue weighted by Crippen LogP contribution is -2.09. The predicted octanol–water partition coefficient (Wildman–Crippen LogP) is 3.25. The van der Waals surface area contributed by atoms with E-state index in [1.807, 2.05) is 30.3 Å². The van der Waals surface area contributed by atoms with Gasteiger partial charge in [-0.1, -0.05) is 24.3 Å². The summed E-state index contributed by atoms with van der Waals surface area (Å²) in [6.45, 7) is 0.708. The number of ether oxygens (including phenoxy) is 3. The van der Waals surface area contributed by atoms with E-state index >= 15 is 0 Å². The van der Waals surface area contributed by atoms with Gasteiger partial charge >= 0.3 is 5.97 Å². The van der Waals surface area contributed by atoms with E-state index in [-0.39, 0.29) is 0 Å². The molecule has 0 aliphatic carbocycles. The molecular formula is C18H18O5. The summed E-state index contributed by atoms with van der Waals surface area (Å²) in [5, 5.41) is 8.69. The lowest BCUT2D eigenvalue weighted by atomic mass is 10.2. The molecule has 0 saturated carbocycles. The lowest BCUT2D eigenvalue weighted by Gasteiger charge is -2.11. The van der Waals surface area contributed by atoms with E-state index in [4.69, 9.17) is 19.3 Å². The van der Waals surface area contributed by atoms with Gasteiger partial charge in [0.25, 0.3) is 0 Å². The fourth-order valence-electron chi connectivity index (χ4n) is 1.91. The number of carbonyl (C=O) groups is 1. The van der Waals surface area contributed by atoms with Crippen molar-refractivity contribution in [1.29, 1.82) is 0 Å². The van der Waals surface area contributed by atoms with Crippen LogP contribution in [0.3, 0.4) is 0 Å². The summed E-state index contributed by atoms with van der Waals surface area (Å²) in [5.74, 6) is 1.04. The van der Waals surface area contributed by atoms with Crippen LogP contribution in [0.15, 0.2) is 54.6 Å². The number of carboxylic acids is 1. The highest BCUT2D eigenvalue weighted by Gasteiger charge is 2.01. The van der Waals surface area contributed by atoms with Gasteiger partial charge in [-0.2, -0.15) is 0 Å². The van der Waals surface area contributed by atoms with Gasteiger partial charge in [-0.05, 0) is 24.3 Å². The summed E-state index contributed by atoms with van der Waals surface area (Å²) in [4.78, 5) is 10.6. The minimum absolute atomic E-state index is 0.342. The Morgan fingerprint density at radius 1 is 1.04 bits per heavy atom. The molecule has 1 N–H and O–H groups in total. The number of methoxy groups -OCH3 is 1. The van der Waals surface area contributed by atoms with Crippen molar-refractivity contribution in [3.8, 4) is 17.2 Å². The standard InChI is InChI=1S/C18H18O5/c1-21-15-6-4-7-16(13-15)22-11-12-23-17-8-3-2-5-14(17)9-10-18(19)20/h2-10,13H,11-12H2,1H3,(H,19,20). The smallest absolute Gasteiger partial charge is 0.328 e. The maximum atomic E-state index is 10.6. The first-order valence-electron chi connectivity index (χ1n) is 7.09. The quantitative estimate of drug-likeness (QED) is 0.598. The van der Waals surface area contributed by atoms with Gasteiger partial charge in [-0.15, -0.1) is 0 Å². The van der Waals surface area contributed by atoms with Crippen molar-refractivity contribution in [2.24, 2.45) is 0 Å². The Morgan fingerprint density at radius 3 is 2.57 bits per heavy atom. The minimum Gasteiger partial charge on any atom is -0.497 e. The summed E-state index contributed by atoms with van der Waals surface area (Å²) in [6.07, 6.45) is 2.58. The van der Waals surface area contributed by atoms with Crippen molar-refractivity contribution in [3.63, 3.8) is 0 Å². The SMILES string of the molecule is COc1cccc(OCCOc2ccccc2C=CC(=O)O)c1. The first-order valence-corrected chi connectivity index (χ1v) is 7.09. The second-order valence-electron chi connectivity index (χ2n) is 4.59. The van der Waals surface area contributed by atoms with Gasteiger partial charge in [0.05, 0.1) is 7.11 Å². The lowest BCUT2D eigenvalue weighted by molar-refractivity contribution is -0.131. The Kier molecular flexibility index (Phi) is 6.06. The summed E-state index contributed by atoms with van der Waals surface area (Å²) in [6, 6.07) is 14.5. The highest BCUT2D eigenvalue weighted by atomic mass is 16.5. The van der Waals surface area contributed by atoms with Crippen molar-refractivity contribution in [3.05, 3.63) is 60.2 Å². The van der Waals surface area contributed by atoms with E-state index in [0.29, 0.717) is 30.3 Å². The first-order chi connectivity index (χ1) is 11.2. The molecule has 23 heavy (non-hydrogen) atoms. The molecule has 0 aliphatic rings. The number of rotatable bonds is 8. The predicted molar refractivity (Wildman–Crippen MR) is 87.1 cm³/mol. The topological polar surface area (TPSA) is 65.0 Å². The van der Waals surface area contributed by atoms with Gasteiger partial charge in [0.2, 0.25) is 0 Å². The van der Waals surface area contributed by atoms with E-state index in [9.17, 15) is 4.79 Å². The molecule has 0 bridgehead atoms. The third-order valence-electron chi connectivity index (χ3n) is 2.98. The average Bonchev–Trinajstić information content (AvgIpc) is 2.58. The summed E-state index contributed by atoms with van der Waals surface area (Å²) >= 11 is 0. The monoisotopic (exact) mass is 314 g/mol. The Bertz CT molecular complexity index is 679. The van der Waals surface area contributed by atoms with Gasteiger partial charge in [0, 0.05) is 17.7 Å². The van der Waals surface area contributed by atoms with Crippen LogP contribution in [0, 0.1) is 0 Å². The maximum Gasteiger partial charge on any atom is 0.328 e. The van der Waals surface area contributed by atoms with Crippen LogP contribution in [0.1, 0.15) is 5.56 Å². The molecule has 0 unspecified atom stereocenters. The van der Waals surface area contributed by atoms with Crippen LogP contribution < -0.4 is 14.2 Å². The molecule has 0 fully saturated rings. The fourth-order valence-corrected chi connectivity index (χ4v) is 1.91. The third-order valence-corrected chi connectivity index (χ3v) is 2.98. The number of carboxylic acid groups (broad SMARTS) is 1. The number of hydrogen-bond acceptors (Lipinski definition) is 4. The largest absolute Gasteiger partial charge is 0.497 e. The van der Waals surface area contributed by atoms with Crippen LogP contribution in [0.4, 0.5) is 0 Å². The average molecular weight is 314 g/mol. The Labute approximate surface area is 134 Å². The van der Waals surface area contributed by atoms with Crippen LogP contribution in [0.25, 0.3) is 6.08 Å². The van der Waals surface area contributed by atoms with Crippen molar-refractivity contribution in [1.82, 2.24) is 0 Å². The molecule has 0 saturated heterocycles. The van der Waals surface area contributed by atoms with Gasteiger partial charge in [0.15, 0.2) is 0 Å². The van der Waals surface area contributed by atoms with Crippen molar-refractivity contribution < 1.29 is 24.1 Å². The van der Waals surface area contributed by atoms with E-state index in [1.54, 1.807) is 25.3 Å². The van der Waals surface area contributed by atoms with Crippen molar-refractivity contribution >= 4 is 12.0 Å². The molecule has 0 atom stereocenters. The second-order valence-corrected chi connectivity index (χ2v) is 4.59. The molecule has 0 radical (unpaired) electrons. The van der Waals surface area contributed by atoms with Crippen LogP contribution in [0.2, 0.25) is 0 Å². The molecule has 0 aromatic heterocycles. The van der Waals surface area contributed by atoms with Crippen LogP contribution in [-0.4, -0.2) is 31.4 Å². The zero-order valence-corrected chi connectivity index (χ0v) is 12.8. The molecule has 2 rings (SSSR count). The van der Waals surface area contributed by atoms with Crippen LogP contribution in [0.5, 0.6) is 17.2 Å². The normalized spacial score (nSPS) is 10.5. The molecule has 0 heterocycles. The summed E-state index contributed by atoms with van der Waals surface area (Å²) < 4.78 is 16.4. The molecule has 2 aromatic carbocycles. The van der Waals surface area contributed by atoms with Gasteiger partial charge in [-0.25, -0.2) is 4.79 Å². The fraction of sp³-hybridized carbons (Fsp3) is 0.167. The molecule has 120 valence electrons. The summed E-state index contributed by atoms with van der Waals surface area (Å²) in [5.41, 5.74) is 0.705. The second kappa shape index (κ2) is 8.48. The van der Waals surface area contributed by atoms with E-state index in [0.717, 1.165) is 11.8 Å². The molecule has 2 aromatic rings. The third kappa shape index (κ3) is 5.39. The molecule has 0 amide bonds. The zero-order valence-electron chi connectivity index (χ0n) is 12.8. The van der Waals surface area contributed by atoms with Crippen LogP contribution in [-0.2, 0) is 4.79 Å². The van der Waals surface area contributed by atoms with Gasteiger partial charge < -0.3 is 19.3 Å². The molecule has 5 nitrogen and oxygen atoms in total. The zero-order chi connectivity index (χ0) is 16.5. The Morgan fingerprint density at radius 2 is 1.78 bits per heavy atom. The number of hydrogen-bond donors (Lipinski definition) is 1. The maximum absolute atomic E-state index is 10.6. The van der Waals surface area contributed by atoms with Crippen molar-refractivity contribution in [2.45, 2.75) is 0 Å². The Balaban J connectivity index is 1.87. The van der Waals surface area contributed by atoms with E-state index in [2.05, 4.69) is 0 Å². The van der Waals surface area contributed by atoms with Gasteiger partial charge in [0.1, 0.15) is 30.5 Å². The first kappa shape index (κ1) is 16.4. The highest BCUT2D eigenvalue weighted by Crippen LogP contribution is 2.20. The summed E-state index contributed by atoms with van der Waals surface area (Å²) in [7, 11) is 1.60. The molecule has 5 heteroatoms. The molecule has 0 aliphatic heterocycles. The molecule has 0 spiro atoms.